The number of amides is 2. The average molecular weight is 291 g/mol. The zero-order valence-corrected chi connectivity index (χ0v) is 12.6. The van der Waals surface area contributed by atoms with Crippen LogP contribution in [0.2, 0.25) is 0 Å². The second-order valence-corrected chi connectivity index (χ2v) is 5.37. The summed E-state index contributed by atoms with van der Waals surface area (Å²) in [5.74, 6) is 1.12. The van der Waals surface area contributed by atoms with Gasteiger partial charge in [0.15, 0.2) is 0 Å². The van der Waals surface area contributed by atoms with Gasteiger partial charge in [-0.15, -0.1) is 0 Å². The highest BCUT2D eigenvalue weighted by Gasteiger charge is 2.38. The predicted octanol–water partition coefficient (Wildman–Crippen LogP) is 1.22. The van der Waals surface area contributed by atoms with E-state index in [2.05, 4.69) is 17.2 Å². The van der Waals surface area contributed by atoms with Crippen molar-refractivity contribution in [2.45, 2.75) is 19.8 Å². The van der Waals surface area contributed by atoms with E-state index in [1.54, 1.807) is 32.5 Å². The van der Waals surface area contributed by atoms with Gasteiger partial charge < -0.3 is 15.0 Å². The Bertz CT molecular complexity index is 515. The van der Waals surface area contributed by atoms with Gasteiger partial charge in [0.05, 0.1) is 19.0 Å². The van der Waals surface area contributed by atoms with Crippen molar-refractivity contribution in [3.8, 4) is 5.88 Å². The number of hydrogen-bond donors (Lipinski definition) is 1. The summed E-state index contributed by atoms with van der Waals surface area (Å²) in [6.07, 6.45) is 2.81. The molecule has 2 rings (SSSR count). The Kier molecular flexibility index (Phi) is 4.77. The first-order valence-electron chi connectivity index (χ1n) is 7.07. The summed E-state index contributed by atoms with van der Waals surface area (Å²) >= 11 is 0. The summed E-state index contributed by atoms with van der Waals surface area (Å²) in [4.78, 5) is 29.3. The monoisotopic (exact) mass is 291 g/mol. The van der Waals surface area contributed by atoms with E-state index in [0.29, 0.717) is 24.0 Å². The van der Waals surface area contributed by atoms with Crippen molar-refractivity contribution in [2.75, 3.05) is 25.6 Å². The van der Waals surface area contributed by atoms with E-state index in [0.717, 1.165) is 6.42 Å². The van der Waals surface area contributed by atoms with E-state index < -0.39 is 0 Å². The first-order chi connectivity index (χ1) is 10.0. The molecule has 0 radical (unpaired) electrons. The Morgan fingerprint density at radius 3 is 2.71 bits per heavy atom. The second kappa shape index (κ2) is 6.56. The van der Waals surface area contributed by atoms with E-state index in [-0.39, 0.29) is 24.2 Å². The molecule has 114 valence electrons. The smallest absolute Gasteiger partial charge is 0.228 e. The maximum Gasteiger partial charge on any atom is 0.228 e. The van der Waals surface area contributed by atoms with Crippen LogP contribution in [0.4, 0.5) is 5.69 Å². The summed E-state index contributed by atoms with van der Waals surface area (Å²) < 4.78 is 4.98. The molecule has 0 aromatic carbocycles. The van der Waals surface area contributed by atoms with E-state index >= 15 is 0 Å². The topological polar surface area (TPSA) is 71.5 Å². The molecule has 1 heterocycles. The predicted molar refractivity (Wildman–Crippen MR) is 79.1 cm³/mol. The number of nitrogens with one attached hydrogen (secondary N) is 1. The van der Waals surface area contributed by atoms with Crippen LogP contribution in [0.5, 0.6) is 5.88 Å². The molecule has 6 heteroatoms. The summed E-state index contributed by atoms with van der Waals surface area (Å²) in [7, 11) is 3.23. The molecule has 0 spiro atoms. The molecule has 0 aliphatic heterocycles. The molecule has 1 fully saturated rings. The number of carbonyl (C=O) groups is 2. The third kappa shape index (κ3) is 3.93. The van der Waals surface area contributed by atoms with E-state index in [9.17, 15) is 9.59 Å². The standard InChI is InChI=1S/C15H21N3O3/c1-10-8-12(10)15(20)16-7-6-14(19)18(2)11-4-5-13(21-3)17-9-11/h4-5,9-10,12H,6-8H2,1-3H3,(H,16,20)/t10-,12+/m0/s1. The van der Waals surface area contributed by atoms with Crippen LogP contribution in [0.25, 0.3) is 0 Å². The number of anilines is 1. The molecule has 1 aromatic rings. The number of hydrogen-bond acceptors (Lipinski definition) is 4. The molecule has 1 aromatic heterocycles. The zero-order chi connectivity index (χ0) is 15.4. The molecule has 6 nitrogen and oxygen atoms in total. The highest BCUT2D eigenvalue weighted by atomic mass is 16.5. The van der Waals surface area contributed by atoms with E-state index in [1.165, 1.54) is 4.90 Å². The van der Waals surface area contributed by atoms with Crippen LogP contribution < -0.4 is 15.0 Å². The van der Waals surface area contributed by atoms with Gasteiger partial charge in [-0.1, -0.05) is 6.92 Å². The summed E-state index contributed by atoms with van der Waals surface area (Å²) in [6, 6.07) is 3.48. The van der Waals surface area contributed by atoms with Gasteiger partial charge in [0, 0.05) is 32.0 Å². The second-order valence-electron chi connectivity index (χ2n) is 5.37. The normalized spacial score (nSPS) is 19.8. The van der Waals surface area contributed by atoms with Crippen molar-refractivity contribution in [2.24, 2.45) is 11.8 Å². The van der Waals surface area contributed by atoms with Crippen molar-refractivity contribution in [1.82, 2.24) is 10.3 Å². The molecule has 0 saturated heterocycles. The van der Waals surface area contributed by atoms with Gasteiger partial charge in [-0.25, -0.2) is 4.98 Å². The lowest BCUT2D eigenvalue weighted by Gasteiger charge is -2.17. The Labute approximate surface area is 124 Å². The average Bonchev–Trinajstić information content (AvgIpc) is 3.23. The lowest BCUT2D eigenvalue weighted by molar-refractivity contribution is -0.122. The number of nitrogens with zero attached hydrogens (tertiary/aromatic N) is 2. The van der Waals surface area contributed by atoms with Crippen LogP contribution in [-0.2, 0) is 9.59 Å². The lowest BCUT2D eigenvalue weighted by atomic mass is 10.3. The van der Waals surface area contributed by atoms with Gasteiger partial charge >= 0.3 is 0 Å². The molecule has 2 atom stereocenters. The molecule has 1 aliphatic carbocycles. The minimum Gasteiger partial charge on any atom is -0.481 e. The Morgan fingerprint density at radius 1 is 1.48 bits per heavy atom. The Hall–Kier alpha value is -2.11. The largest absolute Gasteiger partial charge is 0.481 e. The first kappa shape index (κ1) is 15.3. The van der Waals surface area contributed by atoms with Crippen molar-refractivity contribution in [3.63, 3.8) is 0 Å². The highest BCUT2D eigenvalue weighted by molar-refractivity contribution is 5.93. The minimum atomic E-state index is -0.0638. The van der Waals surface area contributed by atoms with Gasteiger partial charge in [0.2, 0.25) is 17.7 Å². The Balaban J connectivity index is 1.77. The fraction of sp³-hybridized carbons (Fsp3) is 0.533. The van der Waals surface area contributed by atoms with Crippen molar-refractivity contribution >= 4 is 17.5 Å². The molecule has 0 unspecified atom stereocenters. The van der Waals surface area contributed by atoms with Crippen molar-refractivity contribution in [3.05, 3.63) is 18.3 Å². The van der Waals surface area contributed by atoms with Crippen LogP contribution in [0.1, 0.15) is 19.8 Å². The van der Waals surface area contributed by atoms with Crippen LogP contribution >= 0.6 is 0 Å². The number of pyridine rings is 1. The number of carbonyl (C=O) groups excluding carboxylic acids is 2. The molecular weight excluding hydrogens is 270 g/mol. The zero-order valence-electron chi connectivity index (χ0n) is 12.6. The Morgan fingerprint density at radius 2 is 2.19 bits per heavy atom. The number of aromatic nitrogens is 1. The van der Waals surface area contributed by atoms with Crippen molar-refractivity contribution < 1.29 is 14.3 Å². The van der Waals surface area contributed by atoms with Crippen LogP contribution in [0, 0.1) is 11.8 Å². The maximum atomic E-state index is 12.0. The fourth-order valence-electron chi connectivity index (χ4n) is 2.11. The molecule has 1 N–H and O–H groups in total. The third-order valence-corrected chi connectivity index (χ3v) is 3.78. The van der Waals surface area contributed by atoms with Gasteiger partial charge in [-0.2, -0.15) is 0 Å². The molecule has 1 aliphatic rings. The van der Waals surface area contributed by atoms with E-state index in [1.807, 2.05) is 0 Å². The minimum absolute atomic E-state index is 0.0593. The van der Waals surface area contributed by atoms with Crippen LogP contribution in [-0.4, -0.2) is 37.5 Å². The quantitative estimate of drug-likeness (QED) is 0.855. The van der Waals surface area contributed by atoms with E-state index in [4.69, 9.17) is 4.74 Å². The molecule has 0 bridgehead atoms. The van der Waals surface area contributed by atoms with Crippen molar-refractivity contribution in [1.29, 1.82) is 0 Å². The lowest BCUT2D eigenvalue weighted by Crippen LogP contribution is -2.32. The van der Waals surface area contributed by atoms with Gasteiger partial charge in [-0.3, -0.25) is 9.59 Å². The SMILES string of the molecule is COc1ccc(N(C)C(=O)CCNC(=O)[C@@H]2C[C@@H]2C)cn1. The third-order valence-electron chi connectivity index (χ3n) is 3.78. The molecule has 21 heavy (non-hydrogen) atoms. The number of ether oxygens (including phenoxy) is 1. The van der Waals surface area contributed by atoms with Gasteiger partial charge in [0.1, 0.15) is 0 Å². The number of methoxy groups -OCH3 is 1. The van der Waals surface area contributed by atoms with Gasteiger partial charge in [0.25, 0.3) is 0 Å². The molecule has 2 amide bonds. The molecular formula is C15H21N3O3. The van der Waals surface area contributed by atoms with Crippen LogP contribution in [0.15, 0.2) is 18.3 Å². The number of rotatable bonds is 6. The summed E-state index contributed by atoms with van der Waals surface area (Å²) in [6.45, 7) is 2.43. The van der Waals surface area contributed by atoms with Gasteiger partial charge in [-0.05, 0) is 18.4 Å². The molecule has 1 saturated carbocycles. The maximum absolute atomic E-state index is 12.0. The summed E-state index contributed by atoms with van der Waals surface area (Å²) in [5, 5.41) is 2.81. The fourth-order valence-corrected chi connectivity index (χ4v) is 2.11. The summed E-state index contributed by atoms with van der Waals surface area (Å²) in [5.41, 5.74) is 0.697. The highest BCUT2D eigenvalue weighted by Crippen LogP contribution is 2.37. The van der Waals surface area contributed by atoms with Crippen LogP contribution in [0.3, 0.4) is 0 Å². The first-order valence-corrected chi connectivity index (χ1v) is 7.07.